The summed E-state index contributed by atoms with van der Waals surface area (Å²) in [6.45, 7) is 7.90. The van der Waals surface area contributed by atoms with Crippen molar-refractivity contribution < 1.29 is 24.2 Å². The number of aromatic nitrogens is 3. The molecule has 0 bridgehead atoms. The van der Waals surface area contributed by atoms with Crippen molar-refractivity contribution >= 4 is 33.9 Å². The number of aliphatic hydroxyl groups is 1. The van der Waals surface area contributed by atoms with Crippen molar-refractivity contribution in [2.45, 2.75) is 19.9 Å². The van der Waals surface area contributed by atoms with E-state index in [0.717, 1.165) is 0 Å². The van der Waals surface area contributed by atoms with Gasteiger partial charge in [0.15, 0.2) is 11.5 Å². The van der Waals surface area contributed by atoms with Crippen molar-refractivity contribution in [1.29, 1.82) is 0 Å². The van der Waals surface area contributed by atoms with Crippen LogP contribution in [-0.2, 0) is 9.59 Å². The number of Topliss-reactive ketones (excluding diaryl/α,β-unsaturated/α-hetero) is 1. The maximum absolute atomic E-state index is 13.2. The van der Waals surface area contributed by atoms with E-state index in [-0.39, 0.29) is 23.1 Å². The van der Waals surface area contributed by atoms with E-state index in [9.17, 15) is 14.7 Å². The zero-order valence-corrected chi connectivity index (χ0v) is 19.4. The third-order valence-electron chi connectivity index (χ3n) is 5.06. The molecule has 3 heterocycles. The molecule has 1 aliphatic rings. The van der Waals surface area contributed by atoms with Crippen LogP contribution in [0.15, 0.2) is 61.0 Å². The van der Waals surface area contributed by atoms with E-state index in [0.29, 0.717) is 34.2 Å². The van der Waals surface area contributed by atoms with Crippen LogP contribution in [0.3, 0.4) is 0 Å². The third kappa shape index (κ3) is 4.27. The van der Waals surface area contributed by atoms with Gasteiger partial charge in [-0.05, 0) is 43.7 Å². The number of hydrogen-bond donors (Lipinski definition) is 1. The monoisotopic (exact) mass is 478 g/mol. The predicted molar refractivity (Wildman–Crippen MR) is 127 cm³/mol. The number of carbonyl (C=O) groups is 2. The van der Waals surface area contributed by atoms with Crippen LogP contribution in [0.25, 0.3) is 5.76 Å². The van der Waals surface area contributed by atoms with Gasteiger partial charge in [-0.25, -0.2) is 0 Å². The summed E-state index contributed by atoms with van der Waals surface area (Å²) in [5.74, 6) is -1.01. The quantitative estimate of drug-likeness (QED) is 0.225. The van der Waals surface area contributed by atoms with Gasteiger partial charge in [-0.1, -0.05) is 30.1 Å². The summed E-state index contributed by atoms with van der Waals surface area (Å²) in [6.07, 6.45) is 4.60. The average Bonchev–Trinajstić information content (AvgIpc) is 3.39. The van der Waals surface area contributed by atoms with Gasteiger partial charge in [0.25, 0.3) is 5.78 Å². The molecule has 0 radical (unpaired) electrons. The number of aliphatic hydroxyl groups excluding tert-OH is 1. The number of rotatable bonds is 8. The smallest absolute Gasteiger partial charge is 0.301 e. The highest BCUT2D eigenvalue weighted by Gasteiger charge is 2.48. The van der Waals surface area contributed by atoms with Gasteiger partial charge in [0, 0.05) is 18.0 Å². The number of carbonyl (C=O) groups excluding carboxylic acids is 2. The number of ketones is 1. The Bertz CT molecular complexity index is 1270. The summed E-state index contributed by atoms with van der Waals surface area (Å²) < 4.78 is 11.4. The first-order valence-corrected chi connectivity index (χ1v) is 11.3. The summed E-state index contributed by atoms with van der Waals surface area (Å²) in [5, 5.41) is 20.1. The molecule has 1 N–H and O–H groups in total. The molecular formula is C24H22N4O5S. The van der Waals surface area contributed by atoms with Gasteiger partial charge >= 0.3 is 5.91 Å². The molecule has 2 aromatic heterocycles. The topological polar surface area (TPSA) is 115 Å². The second kappa shape index (κ2) is 9.84. The van der Waals surface area contributed by atoms with Crippen LogP contribution in [0.4, 0.5) is 5.13 Å². The number of anilines is 1. The number of pyridine rings is 1. The first kappa shape index (κ1) is 23.1. The van der Waals surface area contributed by atoms with Crippen molar-refractivity contribution in [1.82, 2.24) is 15.2 Å². The molecule has 0 aliphatic carbocycles. The van der Waals surface area contributed by atoms with Crippen molar-refractivity contribution in [3.63, 3.8) is 0 Å². The molecule has 1 amide bonds. The van der Waals surface area contributed by atoms with Crippen LogP contribution in [-0.4, -0.2) is 45.2 Å². The summed E-state index contributed by atoms with van der Waals surface area (Å²) in [5.41, 5.74) is 0.839. The normalized spacial score (nSPS) is 17.1. The van der Waals surface area contributed by atoms with E-state index in [4.69, 9.17) is 9.47 Å². The molecule has 1 atom stereocenters. The Morgan fingerprint density at radius 3 is 2.59 bits per heavy atom. The van der Waals surface area contributed by atoms with E-state index >= 15 is 0 Å². The summed E-state index contributed by atoms with van der Waals surface area (Å²) >= 11 is 1.18. The fourth-order valence-electron chi connectivity index (χ4n) is 3.62. The predicted octanol–water partition coefficient (Wildman–Crippen LogP) is 3.83. The highest BCUT2D eigenvalue weighted by molar-refractivity contribution is 7.15. The Balaban J connectivity index is 1.91. The van der Waals surface area contributed by atoms with Crippen LogP contribution < -0.4 is 14.4 Å². The molecule has 9 nitrogen and oxygen atoms in total. The molecule has 1 saturated heterocycles. The second-order valence-electron chi connectivity index (χ2n) is 7.25. The Labute approximate surface area is 200 Å². The van der Waals surface area contributed by atoms with Gasteiger partial charge in [0.2, 0.25) is 5.13 Å². The van der Waals surface area contributed by atoms with Gasteiger partial charge in [-0.3, -0.25) is 19.5 Å². The van der Waals surface area contributed by atoms with E-state index < -0.39 is 17.7 Å². The van der Waals surface area contributed by atoms with Crippen molar-refractivity contribution in [3.8, 4) is 11.5 Å². The number of benzene rings is 1. The Hall–Kier alpha value is -4.05. The van der Waals surface area contributed by atoms with Gasteiger partial charge < -0.3 is 14.6 Å². The zero-order valence-electron chi connectivity index (χ0n) is 18.6. The van der Waals surface area contributed by atoms with Crippen LogP contribution >= 0.6 is 11.3 Å². The minimum Gasteiger partial charge on any atom is -0.507 e. The lowest BCUT2D eigenvalue weighted by atomic mass is 9.95. The van der Waals surface area contributed by atoms with E-state index in [1.54, 1.807) is 43.3 Å². The molecule has 174 valence electrons. The fourth-order valence-corrected chi connectivity index (χ4v) is 4.34. The second-order valence-corrected chi connectivity index (χ2v) is 8.41. The van der Waals surface area contributed by atoms with Crippen LogP contribution in [0.5, 0.6) is 11.5 Å². The number of hydrogen-bond acceptors (Lipinski definition) is 9. The largest absolute Gasteiger partial charge is 0.507 e. The van der Waals surface area contributed by atoms with Crippen LogP contribution in [0, 0.1) is 6.92 Å². The Morgan fingerprint density at radius 1 is 1.18 bits per heavy atom. The molecule has 3 aromatic rings. The Morgan fingerprint density at radius 2 is 1.94 bits per heavy atom. The number of nitrogens with zero attached hydrogens (tertiary/aromatic N) is 4. The van der Waals surface area contributed by atoms with Crippen LogP contribution in [0.2, 0.25) is 0 Å². The first-order chi connectivity index (χ1) is 16.5. The van der Waals surface area contributed by atoms with E-state index in [1.807, 2.05) is 6.92 Å². The molecule has 0 spiro atoms. The van der Waals surface area contributed by atoms with E-state index in [1.165, 1.54) is 28.6 Å². The number of ether oxygens (including phenoxy) is 2. The highest BCUT2D eigenvalue weighted by Crippen LogP contribution is 2.44. The van der Waals surface area contributed by atoms with Crippen molar-refractivity contribution in [3.05, 3.63) is 77.1 Å². The lowest BCUT2D eigenvalue weighted by Crippen LogP contribution is -2.29. The molecular weight excluding hydrogens is 456 g/mol. The third-order valence-corrected chi connectivity index (χ3v) is 5.90. The zero-order chi connectivity index (χ0) is 24.2. The number of aryl methyl sites for hydroxylation is 1. The molecule has 1 aromatic carbocycles. The average molecular weight is 479 g/mol. The fraction of sp³-hybridized carbons (Fsp3) is 0.208. The molecule has 4 rings (SSSR count). The van der Waals surface area contributed by atoms with Gasteiger partial charge in [-0.2, -0.15) is 0 Å². The summed E-state index contributed by atoms with van der Waals surface area (Å²) in [7, 11) is 0. The van der Waals surface area contributed by atoms with Crippen LogP contribution in [0.1, 0.15) is 29.1 Å². The number of amides is 1. The highest BCUT2D eigenvalue weighted by atomic mass is 32.1. The SMILES string of the molecule is C=CCOc1ccc(C2C(=C(O)c3ccncc3)C(=O)C(=O)N2c2nnc(C)s2)cc1OCC. The minimum absolute atomic E-state index is 0.0636. The van der Waals surface area contributed by atoms with Gasteiger partial charge in [-0.15, -0.1) is 10.2 Å². The van der Waals surface area contributed by atoms with Crippen molar-refractivity contribution in [2.75, 3.05) is 18.1 Å². The van der Waals surface area contributed by atoms with Gasteiger partial charge in [0.05, 0.1) is 18.2 Å². The van der Waals surface area contributed by atoms with E-state index in [2.05, 4.69) is 21.8 Å². The summed E-state index contributed by atoms with van der Waals surface area (Å²) in [4.78, 5) is 31.5. The van der Waals surface area contributed by atoms with Crippen molar-refractivity contribution in [2.24, 2.45) is 0 Å². The lowest BCUT2D eigenvalue weighted by molar-refractivity contribution is -0.132. The lowest BCUT2D eigenvalue weighted by Gasteiger charge is -2.23. The Kier molecular flexibility index (Phi) is 6.69. The standard InChI is InChI=1S/C24H22N4O5S/c1-4-12-33-17-7-6-16(13-18(17)32-5-2)20-19(21(29)15-8-10-25-11-9-15)22(30)23(31)28(20)24-27-26-14(3)34-24/h4,6-11,13,20,29H,1,5,12H2,2-3H3. The molecule has 34 heavy (non-hydrogen) atoms. The first-order valence-electron chi connectivity index (χ1n) is 10.5. The maximum Gasteiger partial charge on any atom is 0.301 e. The molecule has 1 unspecified atom stereocenters. The van der Waals surface area contributed by atoms with Gasteiger partial charge in [0.1, 0.15) is 17.4 Å². The molecule has 1 aliphatic heterocycles. The maximum atomic E-state index is 13.2. The molecule has 1 fully saturated rings. The minimum atomic E-state index is -0.951. The molecule has 0 saturated carbocycles. The molecule has 10 heteroatoms. The summed E-state index contributed by atoms with van der Waals surface area (Å²) in [6, 6.07) is 7.28.